The van der Waals surface area contributed by atoms with Crippen molar-refractivity contribution in [2.24, 2.45) is 0 Å². The minimum absolute atomic E-state index is 0.0145. The zero-order valence-electron chi connectivity index (χ0n) is 15.5. The predicted molar refractivity (Wildman–Crippen MR) is 102 cm³/mol. The molecule has 2 heterocycles. The summed E-state index contributed by atoms with van der Waals surface area (Å²) >= 11 is 0. The lowest BCUT2D eigenvalue weighted by Crippen LogP contribution is -2.50. The summed E-state index contributed by atoms with van der Waals surface area (Å²) in [5.41, 5.74) is 3.02. The summed E-state index contributed by atoms with van der Waals surface area (Å²) in [5.74, 6) is 0.0531. The first-order valence-electron chi connectivity index (χ1n) is 9.55. The quantitative estimate of drug-likeness (QED) is 0.824. The Balaban J connectivity index is 1.52. The summed E-state index contributed by atoms with van der Waals surface area (Å²) in [6, 6.07) is 1.88. The largest absolute Gasteiger partial charge is 0.383 e. The molecular formula is C20H28N4O2. The minimum atomic E-state index is -0.0145. The number of anilines is 1. The molecule has 0 spiro atoms. The Labute approximate surface area is 155 Å². The SMILES string of the molecule is CC(=O)N1CCN(C(=O)c2cncc(NCCC3=CCCCC3)c2)CC1. The molecule has 1 aliphatic carbocycles. The second-order valence-electron chi connectivity index (χ2n) is 7.05. The van der Waals surface area contributed by atoms with Gasteiger partial charge >= 0.3 is 0 Å². The van der Waals surface area contributed by atoms with E-state index in [2.05, 4.69) is 16.4 Å². The van der Waals surface area contributed by atoms with Crippen LogP contribution in [-0.2, 0) is 4.79 Å². The molecule has 0 bridgehead atoms. The van der Waals surface area contributed by atoms with Crippen LogP contribution in [0.1, 0.15) is 49.4 Å². The van der Waals surface area contributed by atoms with Crippen molar-refractivity contribution in [1.29, 1.82) is 0 Å². The molecule has 2 aliphatic rings. The van der Waals surface area contributed by atoms with Crippen molar-refractivity contribution in [2.45, 2.75) is 39.0 Å². The van der Waals surface area contributed by atoms with E-state index in [0.29, 0.717) is 31.7 Å². The zero-order chi connectivity index (χ0) is 18.4. The van der Waals surface area contributed by atoms with Crippen molar-refractivity contribution in [3.8, 4) is 0 Å². The molecule has 6 nitrogen and oxygen atoms in total. The van der Waals surface area contributed by atoms with Crippen LogP contribution in [0.4, 0.5) is 5.69 Å². The van der Waals surface area contributed by atoms with Gasteiger partial charge in [0, 0.05) is 52.0 Å². The number of aromatic nitrogens is 1. The summed E-state index contributed by atoms with van der Waals surface area (Å²) in [7, 11) is 0. The van der Waals surface area contributed by atoms with Crippen LogP contribution >= 0.6 is 0 Å². The highest BCUT2D eigenvalue weighted by molar-refractivity contribution is 5.95. The highest BCUT2D eigenvalue weighted by Crippen LogP contribution is 2.20. The average Bonchev–Trinajstić information content (AvgIpc) is 2.68. The highest BCUT2D eigenvalue weighted by Gasteiger charge is 2.23. The number of piperazine rings is 1. The normalized spacial score (nSPS) is 17.7. The fourth-order valence-electron chi connectivity index (χ4n) is 3.56. The number of nitrogens with one attached hydrogen (secondary N) is 1. The van der Waals surface area contributed by atoms with E-state index in [0.717, 1.165) is 18.7 Å². The topological polar surface area (TPSA) is 65.5 Å². The number of nitrogens with zero attached hydrogens (tertiary/aromatic N) is 3. The minimum Gasteiger partial charge on any atom is -0.383 e. The van der Waals surface area contributed by atoms with Crippen LogP contribution in [0.15, 0.2) is 30.1 Å². The van der Waals surface area contributed by atoms with Crippen molar-refractivity contribution >= 4 is 17.5 Å². The van der Waals surface area contributed by atoms with Crippen molar-refractivity contribution in [2.75, 3.05) is 38.0 Å². The number of allylic oxidation sites excluding steroid dienone is 1. The van der Waals surface area contributed by atoms with Crippen LogP contribution in [-0.4, -0.2) is 59.3 Å². The number of pyridine rings is 1. The van der Waals surface area contributed by atoms with Gasteiger partial charge in [0.15, 0.2) is 0 Å². The zero-order valence-corrected chi connectivity index (χ0v) is 15.5. The van der Waals surface area contributed by atoms with Gasteiger partial charge in [-0.2, -0.15) is 0 Å². The molecule has 0 aromatic carbocycles. The van der Waals surface area contributed by atoms with Gasteiger partial charge in [-0.15, -0.1) is 0 Å². The Hall–Kier alpha value is -2.37. The van der Waals surface area contributed by atoms with Gasteiger partial charge in [-0.25, -0.2) is 0 Å². The number of carbonyl (C=O) groups excluding carboxylic acids is 2. The van der Waals surface area contributed by atoms with E-state index < -0.39 is 0 Å². The second-order valence-corrected chi connectivity index (χ2v) is 7.05. The Morgan fingerprint density at radius 1 is 1.12 bits per heavy atom. The molecule has 1 aromatic rings. The monoisotopic (exact) mass is 356 g/mol. The first-order chi connectivity index (χ1) is 12.6. The summed E-state index contributed by atoms with van der Waals surface area (Å²) in [6.07, 6.45) is 11.8. The number of hydrogen-bond donors (Lipinski definition) is 1. The molecule has 1 aliphatic heterocycles. The van der Waals surface area contributed by atoms with Crippen molar-refractivity contribution in [1.82, 2.24) is 14.8 Å². The van der Waals surface area contributed by atoms with Crippen LogP contribution in [0.2, 0.25) is 0 Å². The first kappa shape index (κ1) is 18.4. The van der Waals surface area contributed by atoms with E-state index in [1.807, 2.05) is 6.07 Å². The first-order valence-corrected chi connectivity index (χ1v) is 9.55. The average molecular weight is 356 g/mol. The molecule has 0 radical (unpaired) electrons. The smallest absolute Gasteiger partial charge is 0.255 e. The molecular weight excluding hydrogens is 328 g/mol. The number of carbonyl (C=O) groups is 2. The Morgan fingerprint density at radius 3 is 2.58 bits per heavy atom. The Kier molecular flexibility index (Phi) is 6.26. The third kappa shape index (κ3) is 4.84. The maximum Gasteiger partial charge on any atom is 0.255 e. The van der Waals surface area contributed by atoms with Crippen LogP contribution in [0.5, 0.6) is 0 Å². The maximum atomic E-state index is 12.7. The molecule has 3 rings (SSSR count). The summed E-state index contributed by atoms with van der Waals surface area (Å²) < 4.78 is 0. The second kappa shape index (κ2) is 8.83. The Bertz CT molecular complexity index is 678. The molecule has 0 unspecified atom stereocenters. The lowest BCUT2D eigenvalue weighted by Gasteiger charge is -2.34. The Morgan fingerprint density at radius 2 is 1.88 bits per heavy atom. The molecule has 6 heteroatoms. The molecule has 1 aromatic heterocycles. The van der Waals surface area contributed by atoms with E-state index >= 15 is 0 Å². The molecule has 1 N–H and O–H groups in total. The van der Waals surface area contributed by atoms with E-state index in [1.165, 1.54) is 31.3 Å². The number of rotatable bonds is 5. The van der Waals surface area contributed by atoms with Crippen LogP contribution in [0.25, 0.3) is 0 Å². The fraction of sp³-hybridized carbons (Fsp3) is 0.550. The molecule has 1 fully saturated rings. The number of amides is 2. The van der Waals surface area contributed by atoms with Gasteiger partial charge in [-0.3, -0.25) is 14.6 Å². The molecule has 0 saturated carbocycles. The van der Waals surface area contributed by atoms with Crippen LogP contribution in [0.3, 0.4) is 0 Å². The van der Waals surface area contributed by atoms with Crippen molar-refractivity contribution in [3.63, 3.8) is 0 Å². The van der Waals surface area contributed by atoms with E-state index in [1.54, 1.807) is 29.1 Å². The number of hydrogen-bond acceptors (Lipinski definition) is 4. The molecule has 2 amide bonds. The third-order valence-corrected chi connectivity index (χ3v) is 5.16. The van der Waals surface area contributed by atoms with Gasteiger partial charge in [0.2, 0.25) is 5.91 Å². The standard InChI is InChI=1S/C20H28N4O2/c1-16(25)23-9-11-24(12-10-23)20(26)18-13-19(15-21-14-18)22-8-7-17-5-3-2-4-6-17/h5,13-15,22H,2-4,6-12H2,1H3. The van der Waals surface area contributed by atoms with Gasteiger partial charge in [0.1, 0.15) is 0 Å². The summed E-state index contributed by atoms with van der Waals surface area (Å²) in [5, 5.41) is 3.39. The third-order valence-electron chi connectivity index (χ3n) is 5.16. The lowest BCUT2D eigenvalue weighted by atomic mass is 9.97. The van der Waals surface area contributed by atoms with Crippen molar-refractivity contribution in [3.05, 3.63) is 35.7 Å². The molecule has 1 saturated heterocycles. The van der Waals surface area contributed by atoms with Crippen molar-refractivity contribution < 1.29 is 9.59 Å². The van der Waals surface area contributed by atoms with Crippen LogP contribution < -0.4 is 5.32 Å². The maximum absolute atomic E-state index is 12.7. The van der Waals surface area contributed by atoms with Gasteiger partial charge in [0.25, 0.3) is 5.91 Å². The van der Waals surface area contributed by atoms with Gasteiger partial charge in [-0.1, -0.05) is 11.6 Å². The molecule has 0 atom stereocenters. The molecule has 140 valence electrons. The summed E-state index contributed by atoms with van der Waals surface area (Å²) in [4.78, 5) is 31.9. The summed E-state index contributed by atoms with van der Waals surface area (Å²) in [6.45, 7) is 4.78. The van der Waals surface area contributed by atoms with E-state index in [9.17, 15) is 9.59 Å². The lowest BCUT2D eigenvalue weighted by molar-refractivity contribution is -0.130. The van der Waals surface area contributed by atoms with E-state index in [4.69, 9.17) is 0 Å². The fourth-order valence-corrected chi connectivity index (χ4v) is 3.56. The van der Waals surface area contributed by atoms with Crippen LogP contribution in [0, 0.1) is 0 Å². The van der Waals surface area contributed by atoms with Gasteiger partial charge in [-0.05, 0) is 38.2 Å². The predicted octanol–water partition coefficient (Wildman–Crippen LogP) is 2.69. The van der Waals surface area contributed by atoms with E-state index in [-0.39, 0.29) is 11.8 Å². The molecule has 26 heavy (non-hydrogen) atoms. The highest BCUT2D eigenvalue weighted by atomic mass is 16.2. The van der Waals surface area contributed by atoms with Gasteiger partial charge in [0.05, 0.1) is 11.3 Å². The van der Waals surface area contributed by atoms with Gasteiger partial charge < -0.3 is 15.1 Å².